The highest BCUT2D eigenvalue weighted by Gasteiger charge is 2.14. The molecule has 0 atom stereocenters. The van der Waals surface area contributed by atoms with Gasteiger partial charge in [0.2, 0.25) is 0 Å². The van der Waals surface area contributed by atoms with E-state index in [9.17, 15) is 0 Å². The summed E-state index contributed by atoms with van der Waals surface area (Å²) in [6.07, 6.45) is 5.66. The summed E-state index contributed by atoms with van der Waals surface area (Å²) in [7, 11) is 0. The van der Waals surface area contributed by atoms with E-state index in [4.69, 9.17) is 0 Å². The van der Waals surface area contributed by atoms with Crippen molar-refractivity contribution in [2.75, 3.05) is 4.90 Å². The standard InChI is InChI=1S/C38H33N/c1-4-14-35-27(3)36-19-12-13-20-37(36)38(34(35)5-2)30-22-21-29-26-33(24-23-28(29)25-30)39(31-15-8-6-9-16-31)32-17-10-7-11-18-32/h5-26H,4H2,1-3H3/b34-5+,35-14-. The normalized spacial score (nSPS) is 12.4. The molecule has 1 heteroatoms. The highest BCUT2D eigenvalue weighted by Crippen LogP contribution is 2.37. The van der Waals surface area contributed by atoms with Gasteiger partial charge in [0.1, 0.15) is 0 Å². The number of hydrogen-bond donors (Lipinski definition) is 0. The number of nitrogens with zero attached hydrogens (tertiary/aromatic N) is 1. The van der Waals surface area contributed by atoms with Crippen LogP contribution in [0.4, 0.5) is 17.1 Å². The van der Waals surface area contributed by atoms with Crippen LogP contribution in [0.5, 0.6) is 0 Å². The largest absolute Gasteiger partial charge is 0.310 e. The van der Waals surface area contributed by atoms with Gasteiger partial charge in [0.15, 0.2) is 0 Å². The lowest BCUT2D eigenvalue weighted by Gasteiger charge is -2.25. The van der Waals surface area contributed by atoms with Crippen LogP contribution in [0.2, 0.25) is 0 Å². The van der Waals surface area contributed by atoms with E-state index in [1.807, 2.05) is 0 Å². The first-order valence-corrected chi connectivity index (χ1v) is 13.8. The Kier molecular flexibility index (Phi) is 6.73. The summed E-state index contributed by atoms with van der Waals surface area (Å²) in [6.45, 7) is 6.64. The van der Waals surface area contributed by atoms with E-state index in [1.54, 1.807) is 0 Å². The molecule has 0 heterocycles. The van der Waals surface area contributed by atoms with Crippen LogP contribution in [0.15, 0.2) is 121 Å². The monoisotopic (exact) mass is 503 g/mol. The predicted molar refractivity (Wildman–Crippen MR) is 170 cm³/mol. The summed E-state index contributed by atoms with van der Waals surface area (Å²) >= 11 is 0. The van der Waals surface area contributed by atoms with Gasteiger partial charge in [-0.1, -0.05) is 97.9 Å². The Morgan fingerprint density at radius 3 is 1.82 bits per heavy atom. The zero-order valence-electron chi connectivity index (χ0n) is 22.9. The molecule has 190 valence electrons. The van der Waals surface area contributed by atoms with Gasteiger partial charge in [-0.15, -0.1) is 0 Å². The molecule has 6 aromatic rings. The number of hydrogen-bond acceptors (Lipinski definition) is 1. The maximum absolute atomic E-state index is 2.37. The van der Waals surface area contributed by atoms with Crippen LogP contribution >= 0.6 is 0 Å². The zero-order valence-corrected chi connectivity index (χ0v) is 22.9. The molecule has 0 aliphatic carbocycles. The fraction of sp³-hybridized carbons (Fsp3) is 0.105. The predicted octanol–water partition coefficient (Wildman–Crippen LogP) is 9.43. The third kappa shape index (κ3) is 4.51. The molecule has 39 heavy (non-hydrogen) atoms. The van der Waals surface area contributed by atoms with Crippen LogP contribution in [0.3, 0.4) is 0 Å². The molecule has 1 nitrogen and oxygen atoms in total. The summed E-state index contributed by atoms with van der Waals surface area (Å²) in [5, 5.41) is 7.78. The maximum Gasteiger partial charge on any atom is 0.0468 e. The number of para-hydroxylation sites is 2. The van der Waals surface area contributed by atoms with Crippen molar-refractivity contribution in [3.05, 3.63) is 137 Å². The van der Waals surface area contributed by atoms with E-state index in [-0.39, 0.29) is 0 Å². The summed E-state index contributed by atoms with van der Waals surface area (Å²) in [5.74, 6) is 0. The van der Waals surface area contributed by atoms with Crippen LogP contribution < -0.4 is 15.3 Å². The Hall–Kier alpha value is -4.62. The molecule has 0 fully saturated rings. The highest BCUT2D eigenvalue weighted by molar-refractivity contribution is 6.01. The Labute approximate surface area is 231 Å². The van der Waals surface area contributed by atoms with Crippen LogP contribution in [0, 0.1) is 6.92 Å². The minimum Gasteiger partial charge on any atom is -0.310 e. The van der Waals surface area contributed by atoms with Gasteiger partial charge in [0.05, 0.1) is 0 Å². The molecule has 0 N–H and O–H groups in total. The summed E-state index contributed by atoms with van der Waals surface area (Å²) in [6, 6.07) is 43.7. The fourth-order valence-electron chi connectivity index (χ4n) is 5.86. The second kappa shape index (κ2) is 10.6. The molecular weight excluding hydrogens is 470 g/mol. The molecule has 0 spiro atoms. The van der Waals surface area contributed by atoms with E-state index in [0.29, 0.717) is 0 Å². The molecule has 6 rings (SSSR count). The van der Waals surface area contributed by atoms with Gasteiger partial charge < -0.3 is 4.90 Å². The van der Waals surface area contributed by atoms with Crippen LogP contribution in [0.25, 0.3) is 44.8 Å². The first-order valence-electron chi connectivity index (χ1n) is 13.8. The van der Waals surface area contributed by atoms with E-state index >= 15 is 0 Å². The minimum atomic E-state index is 1.01. The lowest BCUT2D eigenvalue weighted by atomic mass is 9.90. The zero-order chi connectivity index (χ0) is 26.8. The van der Waals surface area contributed by atoms with Gasteiger partial charge >= 0.3 is 0 Å². The summed E-state index contributed by atoms with van der Waals surface area (Å²) < 4.78 is 0. The van der Waals surface area contributed by atoms with E-state index in [2.05, 4.69) is 159 Å². The van der Waals surface area contributed by atoms with Crippen molar-refractivity contribution >= 4 is 50.8 Å². The van der Waals surface area contributed by atoms with Gasteiger partial charge in [-0.25, -0.2) is 0 Å². The molecule has 0 saturated heterocycles. The van der Waals surface area contributed by atoms with E-state index in [0.717, 1.165) is 23.5 Å². The van der Waals surface area contributed by atoms with Gasteiger partial charge in [-0.05, 0) is 111 Å². The van der Waals surface area contributed by atoms with Crippen molar-refractivity contribution in [1.82, 2.24) is 0 Å². The molecule has 0 saturated carbocycles. The quantitative estimate of drug-likeness (QED) is 0.226. The molecular formula is C38H33N. The number of aryl methyl sites for hydroxylation is 1. The molecule has 0 aromatic heterocycles. The highest BCUT2D eigenvalue weighted by atomic mass is 15.1. The lowest BCUT2D eigenvalue weighted by molar-refractivity contribution is 1.27. The first kappa shape index (κ1) is 24.7. The van der Waals surface area contributed by atoms with Crippen molar-refractivity contribution < 1.29 is 0 Å². The molecule has 0 amide bonds. The Bertz CT molecular complexity index is 1860. The van der Waals surface area contributed by atoms with Crippen molar-refractivity contribution in [1.29, 1.82) is 0 Å². The Morgan fingerprint density at radius 2 is 1.18 bits per heavy atom. The first-order chi connectivity index (χ1) is 19.2. The number of rotatable bonds is 5. The third-order valence-electron chi connectivity index (χ3n) is 7.66. The second-order valence-corrected chi connectivity index (χ2v) is 10.0. The molecule has 6 aromatic carbocycles. The second-order valence-electron chi connectivity index (χ2n) is 10.0. The lowest BCUT2D eigenvalue weighted by Crippen LogP contribution is -2.30. The average molecular weight is 504 g/mol. The molecule has 0 aliphatic rings. The number of fused-ring (bicyclic) bond motifs is 2. The molecule has 0 unspecified atom stereocenters. The summed E-state index contributed by atoms with van der Waals surface area (Å²) in [5.41, 5.74) is 7.38. The average Bonchev–Trinajstić information content (AvgIpc) is 2.99. The van der Waals surface area contributed by atoms with Crippen LogP contribution in [-0.2, 0) is 0 Å². The molecule has 0 radical (unpaired) electrons. The molecule has 0 aliphatic heterocycles. The smallest absolute Gasteiger partial charge is 0.0468 e. The van der Waals surface area contributed by atoms with E-state index < -0.39 is 0 Å². The van der Waals surface area contributed by atoms with Gasteiger partial charge in [-0.3, -0.25) is 0 Å². The van der Waals surface area contributed by atoms with Gasteiger partial charge in [-0.2, -0.15) is 0 Å². The van der Waals surface area contributed by atoms with Crippen molar-refractivity contribution in [3.63, 3.8) is 0 Å². The van der Waals surface area contributed by atoms with Crippen molar-refractivity contribution in [2.45, 2.75) is 27.2 Å². The number of benzene rings is 6. The van der Waals surface area contributed by atoms with Gasteiger partial charge in [0, 0.05) is 17.1 Å². The molecule has 0 bridgehead atoms. The Balaban J connectivity index is 1.54. The van der Waals surface area contributed by atoms with E-state index in [1.165, 1.54) is 48.7 Å². The Morgan fingerprint density at radius 1 is 0.590 bits per heavy atom. The van der Waals surface area contributed by atoms with Crippen LogP contribution in [-0.4, -0.2) is 0 Å². The minimum absolute atomic E-state index is 1.01. The van der Waals surface area contributed by atoms with Gasteiger partial charge in [0.25, 0.3) is 0 Å². The topological polar surface area (TPSA) is 3.24 Å². The number of anilines is 3. The van der Waals surface area contributed by atoms with Crippen molar-refractivity contribution in [3.8, 4) is 11.1 Å². The fourth-order valence-corrected chi connectivity index (χ4v) is 5.86. The SMILES string of the molecule is C/C=c1/c(-c2ccc3cc(N(c4ccccc4)c4ccccc4)ccc3c2)c2ccccc2c(C)/c1=C/CC. The summed E-state index contributed by atoms with van der Waals surface area (Å²) in [4.78, 5) is 2.32. The maximum atomic E-state index is 2.37. The van der Waals surface area contributed by atoms with Crippen molar-refractivity contribution in [2.24, 2.45) is 0 Å². The third-order valence-corrected chi connectivity index (χ3v) is 7.66. The van der Waals surface area contributed by atoms with Crippen LogP contribution in [0.1, 0.15) is 25.8 Å².